The Kier molecular flexibility index (Phi) is 7.95. The summed E-state index contributed by atoms with van der Waals surface area (Å²) < 4.78 is 0. The molecular formula is C20H34. The predicted octanol–water partition coefficient (Wildman–Crippen LogP) is 6.60. The fraction of sp³-hybridized carbons (Fsp3) is 0.700. The molecule has 0 unspecified atom stereocenters. The second-order valence-corrected chi connectivity index (χ2v) is 6.45. The van der Waals surface area contributed by atoms with Crippen molar-refractivity contribution in [1.29, 1.82) is 0 Å². The molecule has 0 heteroatoms. The minimum absolute atomic E-state index is 1.27. The van der Waals surface area contributed by atoms with Gasteiger partial charge in [-0.15, -0.1) is 0 Å². The Morgan fingerprint density at radius 3 is 1.80 bits per heavy atom. The first-order valence-electron chi connectivity index (χ1n) is 8.64. The van der Waals surface area contributed by atoms with Crippen LogP contribution in [0.4, 0.5) is 0 Å². The molecule has 0 bridgehead atoms. The van der Waals surface area contributed by atoms with Crippen LogP contribution in [0.3, 0.4) is 0 Å². The van der Waals surface area contributed by atoms with Gasteiger partial charge in [-0.05, 0) is 68.4 Å². The van der Waals surface area contributed by atoms with Crippen LogP contribution >= 0.6 is 0 Å². The van der Waals surface area contributed by atoms with E-state index in [-0.39, 0.29) is 0 Å². The van der Waals surface area contributed by atoms with E-state index in [0.29, 0.717) is 0 Å². The van der Waals surface area contributed by atoms with Gasteiger partial charge in [-0.1, -0.05) is 57.9 Å². The lowest BCUT2D eigenvalue weighted by molar-refractivity contribution is 0.575. The minimum Gasteiger partial charge on any atom is -0.0654 e. The molecule has 0 spiro atoms. The molecule has 0 fully saturated rings. The van der Waals surface area contributed by atoms with E-state index in [9.17, 15) is 0 Å². The molecule has 0 aliphatic carbocycles. The van der Waals surface area contributed by atoms with Gasteiger partial charge in [0.05, 0.1) is 0 Å². The Balaban J connectivity index is 2.29. The third-order valence-electron chi connectivity index (χ3n) is 4.89. The van der Waals surface area contributed by atoms with Gasteiger partial charge in [-0.25, -0.2) is 0 Å². The van der Waals surface area contributed by atoms with E-state index in [1.165, 1.54) is 80.0 Å². The van der Waals surface area contributed by atoms with Crippen molar-refractivity contribution in [3.05, 3.63) is 33.9 Å². The van der Waals surface area contributed by atoms with Crippen LogP contribution in [0.2, 0.25) is 0 Å². The Bertz CT molecular complexity index is 401. The average molecular weight is 274 g/mol. The zero-order chi connectivity index (χ0) is 15.0. The van der Waals surface area contributed by atoms with Gasteiger partial charge in [0.15, 0.2) is 0 Å². The molecule has 0 N–H and O–H groups in total. The maximum absolute atomic E-state index is 2.42. The Hall–Kier alpha value is -0.780. The predicted molar refractivity (Wildman–Crippen MR) is 91.7 cm³/mol. The molecule has 0 amide bonds. The first kappa shape index (κ1) is 17.3. The molecule has 114 valence electrons. The lowest BCUT2D eigenvalue weighted by atomic mass is 9.92. The summed E-state index contributed by atoms with van der Waals surface area (Å²) >= 11 is 0. The van der Waals surface area contributed by atoms with Crippen LogP contribution in [0.5, 0.6) is 0 Å². The van der Waals surface area contributed by atoms with Gasteiger partial charge in [0.25, 0.3) is 0 Å². The summed E-state index contributed by atoms with van der Waals surface area (Å²) in [6, 6.07) is 2.42. The molecule has 0 aliphatic heterocycles. The zero-order valence-corrected chi connectivity index (χ0v) is 14.4. The smallest absolute Gasteiger partial charge is 0.0276 e. The number of hydrogen-bond donors (Lipinski definition) is 0. The van der Waals surface area contributed by atoms with E-state index in [4.69, 9.17) is 0 Å². The second-order valence-electron chi connectivity index (χ2n) is 6.45. The van der Waals surface area contributed by atoms with Crippen LogP contribution in [0, 0.1) is 27.7 Å². The highest BCUT2D eigenvalue weighted by Gasteiger charge is 2.06. The second kappa shape index (κ2) is 9.21. The van der Waals surface area contributed by atoms with Gasteiger partial charge in [-0.2, -0.15) is 0 Å². The van der Waals surface area contributed by atoms with E-state index in [1.807, 2.05) is 0 Å². The van der Waals surface area contributed by atoms with Gasteiger partial charge < -0.3 is 0 Å². The molecule has 0 aromatic heterocycles. The molecule has 1 rings (SSSR count). The van der Waals surface area contributed by atoms with Crippen LogP contribution in [-0.4, -0.2) is 0 Å². The molecule has 0 heterocycles. The van der Waals surface area contributed by atoms with Crippen molar-refractivity contribution >= 4 is 0 Å². The topological polar surface area (TPSA) is 0 Å². The molecule has 1 aromatic carbocycles. The number of hydrogen-bond acceptors (Lipinski definition) is 0. The van der Waals surface area contributed by atoms with Gasteiger partial charge in [-0.3, -0.25) is 0 Å². The molecule has 0 atom stereocenters. The summed E-state index contributed by atoms with van der Waals surface area (Å²) in [4.78, 5) is 0. The van der Waals surface area contributed by atoms with Crippen molar-refractivity contribution in [2.75, 3.05) is 0 Å². The summed E-state index contributed by atoms with van der Waals surface area (Å²) in [6.07, 6.45) is 12.5. The Morgan fingerprint density at radius 2 is 1.20 bits per heavy atom. The Labute approximate surface area is 127 Å². The third kappa shape index (κ3) is 5.31. The summed E-state index contributed by atoms with van der Waals surface area (Å²) in [5.41, 5.74) is 7.54. The lowest BCUT2D eigenvalue weighted by Crippen LogP contribution is -1.98. The number of rotatable bonds is 9. The molecule has 20 heavy (non-hydrogen) atoms. The van der Waals surface area contributed by atoms with E-state index in [1.54, 1.807) is 5.56 Å². The molecular weight excluding hydrogens is 240 g/mol. The normalized spacial score (nSPS) is 11.1. The summed E-state index contributed by atoms with van der Waals surface area (Å²) in [6.45, 7) is 11.3. The SMILES string of the molecule is CCCCCCCCCCc1cc(C)c(C)c(C)c1C. The van der Waals surface area contributed by atoms with Crippen LogP contribution < -0.4 is 0 Å². The highest BCUT2D eigenvalue weighted by Crippen LogP contribution is 2.23. The standard InChI is InChI=1S/C20H34/c1-6-7-8-9-10-11-12-13-14-20-15-16(2)17(3)18(4)19(20)5/h15H,6-14H2,1-5H3. The van der Waals surface area contributed by atoms with Crippen molar-refractivity contribution in [2.45, 2.75) is 92.4 Å². The van der Waals surface area contributed by atoms with Gasteiger partial charge in [0.2, 0.25) is 0 Å². The quantitative estimate of drug-likeness (QED) is 0.445. The third-order valence-corrected chi connectivity index (χ3v) is 4.89. The van der Waals surface area contributed by atoms with Gasteiger partial charge in [0, 0.05) is 0 Å². The molecule has 0 radical (unpaired) electrons. The number of unbranched alkanes of at least 4 members (excludes halogenated alkanes) is 7. The summed E-state index contributed by atoms with van der Waals surface area (Å²) in [5.74, 6) is 0. The number of benzene rings is 1. The fourth-order valence-electron chi connectivity index (χ4n) is 3.00. The summed E-state index contributed by atoms with van der Waals surface area (Å²) in [5, 5.41) is 0. The molecule has 1 aromatic rings. The average Bonchev–Trinajstić information content (AvgIpc) is 2.44. The van der Waals surface area contributed by atoms with Crippen LogP contribution in [0.25, 0.3) is 0 Å². The monoisotopic (exact) mass is 274 g/mol. The van der Waals surface area contributed by atoms with Crippen molar-refractivity contribution in [1.82, 2.24) is 0 Å². The van der Waals surface area contributed by atoms with Crippen LogP contribution in [0.1, 0.15) is 86.1 Å². The van der Waals surface area contributed by atoms with Gasteiger partial charge in [0.1, 0.15) is 0 Å². The zero-order valence-electron chi connectivity index (χ0n) is 14.4. The largest absolute Gasteiger partial charge is 0.0654 e. The van der Waals surface area contributed by atoms with Crippen LogP contribution in [-0.2, 0) is 6.42 Å². The Morgan fingerprint density at radius 1 is 0.650 bits per heavy atom. The van der Waals surface area contributed by atoms with E-state index >= 15 is 0 Å². The van der Waals surface area contributed by atoms with E-state index < -0.39 is 0 Å². The van der Waals surface area contributed by atoms with Crippen molar-refractivity contribution in [3.8, 4) is 0 Å². The van der Waals surface area contributed by atoms with E-state index in [0.717, 1.165) is 0 Å². The molecule has 0 nitrogen and oxygen atoms in total. The molecule has 0 saturated carbocycles. The van der Waals surface area contributed by atoms with Crippen LogP contribution in [0.15, 0.2) is 6.07 Å². The van der Waals surface area contributed by atoms with Crippen molar-refractivity contribution < 1.29 is 0 Å². The molecule has 0 aliphatic rings. The first-order chi connectivity index (χ1) is 9.57. The van der Waals surface area contributed by atoms with Crippen molar-refractivity contribution in [2.24, 2.45) is 0 Å². The minimum atomic E-state index is 1.27. The fourth-order valence-corrected chi connectivity index (χ4v) is 3.00. The highest BCUT2D eigenvalue weighted by atomic mass is 14.1. The lowest BCUT2D eigenvalue weighted by Gasteiger charge is -2.14. The molecule has 0 saturated heterocycles. The maximum atomic E-state index is 2.42. The first-order valence-corrected chi connectivity index (χ1v) is 8.64. The maximum Gasteiger partial charge on any atom is -0.0276 e. The van der Waals surface area contributed by atoms with E-state index in [2.05, 4.69) is 40.7 Å². The van der Waals surface area contributed by atoms with Crippen molar-refractivity contribution in [3.63, 3.8) is 0 Å². The number of aryl methyl sites for hydroxylation is 2. The summed E-state index contributed by atoms with van der Waals surface area (Å²) in [7, 11) is 0. The highest BCUT2D eigenvalue weighted by molar-refractivity contribution is 5.43. The van der Waals surface area contributed by atoms with Gasteiger partial charge >= 0.3 is 0 Å².